The number of rotatable bonds is 2. The van der Waals surface area contributed by atoms with E-state index in [1.54, 1.807) is 0 Å². The predicted octanol–water partition coefficient (Wildman–Crippen LogP) is 1.89. The first-order valence-corrected chi connectivity index (χ1v) is 6.06. The molecular formula is C11H20N2OS. The van der Waals surface area contributed by atoms with Crippen molar-refractivity contribution in [1.82, 2.24) is 5.32 Å². The van der Waals surface area contributed by atoms with Gasteiger partial charge in [0, 0.05) is 6.92 Å². The van der Waals surface area contributed by atoms with Gasteiger partial charge in [-0.3, -0.25) is 4.79 Å². The molecule has 4 heteroatoms. The number of carbonyl (C=O) groups is 1. The number of carbonyl (C=O) groups excluding carboxylic acids is 1. The number of thiocarbonyl (C=S) groups is 1. The van der Waals surface area contributed by atoms with Crippen molar-refractivity contribution in [3.8, 4) is 0 Å². The molecule has 1 amide bonds. The molecule has 0 aliphatic heterocycles. The van der Waals surface area contributed by atoms with E-state index in [0.29, 0.717) is 4.99 Å². The first-order chi connectivity index (χ1) is 7.07. The highest BCUT2D eigenvalue weighted by atomic mass is 32.1. The first-order valence-electron chi connectivity index (χ1n) is 5.65. The van der Waals surface area contributed by atoms with Gasteiger partial charge < -0.3 is 11.1 Å². The zero-order valence-electron chi connectivity index (χ0n) is 9.34. The van der Waals surface area contributed by atoms with E-state index in [9.17, 15) is 4.79 Å². The molecule has 0 heterocycles. The summed E-state index contributed by atoms with van der Waals surface area (Å²) in [4.78, 5) is 11.6. The van der Waals surface area contributed by atoms with Gasteiger partial charge in [0.2, 0.25) is 5.91 Å². The third-order valence-electron chi connectivity index (χ3n) is 3.09. The van der Waals surface area contributed by atoms with Gasteiger partial charge in [-0.2, -0.15) is 0 Å². The minimum absolute atomic E-state index is 0.0385. The van der Waals surface area contributed by atoms with Crippen molar-refractivity contribution in [1.29, 1.82) is 0 Å². The van der Waals surface area contributed by atoms with Gasteiger partial charge in [0.1, 0.15) is 0 Å². The summed E-state index contributed by atoms with van der Waals surface area (Å²) in [6, 6.07) is 0. The Labute approximate surface area is 96.8 Å². The van der Waals surface area contributed by atoms with Crippen LogP contribution in [-0.4, -0.2) is 16.4 Å². The normalized spacial score (nSPS) is 21.1. The van der Waals surface area contributed by atoms with Crippen molar-refractivity contribution in [2.24, 2.45) is 5.73 Å². The Bertz CT molecular complexity index is 245. The maximum Gasteiger partial charge on any atom is 0.217 e. The fraction of sp³-hybridized carbons (Fsp3) is 0.818. The first kappa shape index (κ1) is 12.4. The van der Waals surface area contributed by atoms with Gasteiger partial charge >= 0.3 is 0 Å². The highest BCUT2D eigenvalue weighted by Crippen LogP contribution is 2.26. The summed E-state index contributed by atoms with van der Waals surface area (Å²) < 4.78 is 0. The molecule has 3 N–H and O–H groups in total. The summed E-state index contributed by atoms with van der Waals surface area (Å²) in [6.07, 6.45) is 7.68. The van der Waals surface area contributed by atoms with E-state index in [0.717, 1.165) is 25.7 Å². The predicted molar refractivity (Wildman–Crippen MR) is 65.7 cm³/mol. The summed E-state index contributed by atoms with van der Waals surface area (Å²) in [5.41, 5.74) is 5.37. The summed E-state index contributed by atoms with van der Waals surface area (Å²) in [5.74, 6) is -0.0385. The number of hydrogen-bond acceptors (Lipinski definition) is 2. The molecule has 86 valence electrons. The molecule has 1 fully saturated rings. The number of hydrogen-bond donors (Lipinski definition) is 2. The Hall–Kier alpha value is -0.640. The van der Waals surface area contributed by atoms with E-state index in [4.69, 9.17) is 18.0 Å². The molecule has 1 aliphatic rings. The van der Waals surface area contributed by atoms with Crippen LogP contribution < -0.4 is 11.1 Å². The minimum Gasteiger partial charge on any atom is -0.391 e. The van der Waals surface area contributed by atoms with Crippen LogP contribution in [-0.2, 0) is 4.79 Å². The molecule has 0 atom stereocenters. The Morgan fingerprint density at radius 1 is 1.20 bits per heavy atom. The highest BCUT2D eigenvalue weighted by molar-refractivity contribution is 7.80. The van der Waals surface area contributed by atoms with Crippen LogP contribution in [0.3, 0.4) is 0 Å². The van der Waals surface area contributed by atoms with Crippen molar-refractivity contribution in [2.75, 3.05) is 0 Å². The third kappa shape index (κ3) is 3.45. The lowest BCUT2D eigenvalue weighted by molar-refractivity contribution is -0.120. The van der Waals surface area contributed by atoms with Crippen LogP contribution in [0.1, 0.15) is 51.9 Å². The maximum atomic E-state index is 11.2. The summed E-state index contributed by atoms with van der Waals surface area (Å²) >= 11 is 5.11. The molecule has 3 nitrogen and oxygen atoms in total. The summed E-state index contributed by atoms with van der Waals surface area (Å²) in [5, 5.41) is 2.96. The van der Waals surface area contributed by atoms with Gasteiger partial charge in [-0.25, -0.2) is 0 Å². The fourth-order valence-electron chi connectivity index (χ4n) is 2.28. The topological polar surface area (TPSA) is 55.1 Å². The van der Waals surface area contributed by atoms with Gasteiger partial charge in [-0.1, -0.05) is 44.3 Å². The van der Waals surface area contributed by atoms with Crippen LogP contribution in [0, 0.1) is 0 Å². The molecular weight excluding hydrogens is 208 g/mol. The molecule has 1 aliphatic carbocycles. The molecule has 0 unspecified atom stereocenters. The molecule has 0 aromatic rings. The van der Waals surface area contributed by atoms with Crippen molar-refractivity contribution in [3.05, 3.63) is 0 Å². The van der Waals surface area contributed by atoms with Crippen LogP contribution in [0.2, 0.25) is 0 Å². The Kier molecular flexibility index (Phi) is 4.51. The lowest BCUT2D eigenvalue weighted by Crippen LogP contribution is -2.56. The minimum atomic E-state index is -0.415. The Morgan fingerprint density at radius 2 is 1.67 bits per heavy atom. The van der Waals surface area contributed by atoms with Crippen molar-refractivity contribution in [3.63, 3.8) is 0 Å². The molecule has 0 bridgehead atoms. The average Bonchev–Trinajstić information content (AvgIpc) is 2.08. The van der Waals surface area contributed by atoms with E-state index in [1.807, 2.05) is 0 Å². The Balaban J connectivity index is 2.75. The van der Waals surface area contributed by atoms with Gasteiger partial charge in [0.15, 0.2) is 0 Å². The van der Waals surface area contributed by atoms with Crippen molar-refractivity contribution in [2.45, 2.75) is 57.4 Å². The largest absolute Gasteiger partial charge is 0.391 e. The van der Waals surface area contributed by atoms with Gasteiger partial charge in [0.25, 0.3) is 0 Å². The molecule has 15 heavy (non-hydrogen) atoms. The zero-order valence-corrected chi connectivity index (χ0v) is 10.2. The molecule has 0 radical (unpaired) electrons. The van der Waals surface area contributed by atoms with E-state index in [-0.39, 0.29) is 5.91 Å². The standard InChI is InChI=1S/C11H20N2OS/c1-9(14)13-11(10(12)15)7-5-3-2-4-6-8-11/h2-8H2,1H3,(H2,12,15)(H,13,14). The average molecular weight is 228 g/mol. The van der Waals surface area contributed by atoms with E-state index in [1.165, 1.54) is 26.2 Å². The van der Waals surface area contributed by atoms with Gasteiger partial charge in [-0.05, 0) is 12.8 Å². The third-order valence-corrected chi connectivity index (χ3v) is 3.48. The number of nitrogens with two attached hydrogens (primary N) is 1. The molecule has 1 saturated carbocycles. The lowest BCUT2D eigenvalue weighted by Gasteiger charge is -2.35. The second kappa shape index (κ2) is 5.45. The SMILES string of the molecule is CC(=O)NC1(C(N)=S)CCCCCCC1. The van der Waals surface area contributed by atoms with Crippen molar-refractivity contribution < 1.29 is 4.79 Å². The van der Waals surface area contributed by atoms with E-state index in [2.05, 4.69) is 5.32 Å². The van der Waals surface area contributed by atoms with E-state index >= 15 is 0 Å². The molecule has 0 aromatic carbocycles. The van der Waals surface area contributed by atoms with Crippen molar-refractivity contribution >= 4 is 23.1 Å². The maximum absolute atomic E-state index is 11.2. The molecule has 1 rings (SSSR count). The monoisotopic (exact) mass is 228 g/mol. The smallest absolute Gasteiger partial charge is 0.217 e. The number of nitrogens with one attached hydrogen (secondary N) is 1. The fourth-order valence-corrected chi connectivity index (χ4v) is 2.53. The summed E-state index contributed by atoms with van der Waals surface area (Å²) in [6.45, 7) is 1.53. The van der Waals surface area contributed by atoms with E-state index < -0.39 is 5.54 Å². The zero-order chi connectivity index (χ0) is 11.3. The van der Waals surface area contributed by atoms with Crippen LogP contribution in [0.4, 0.5) is 0 Å². The lowest BCUT2D eigenvalue weighted by atomic mass is 9.83. The summed E-state index contributed by atoms with van der Waals surface area (Å²) in [7, 11) is 0. The van der Waals surface area contributed by atoms with Crippen LogP contribution in [0.5, 0.6) is 0 Å². The van der Waals surface area contributed by atoms with Gasteiger partial charge in [-0.15, -0.1) is 0 Å². The molecule has 0 saturated heterocycles. The molecule has 0 spiro atoms. The van der Waals surface area contributed by atoms with Gasteiger partial charge in [0.05, 0.1) is 10.5 Å². The number of amides is 1. The second-order valence-corrected chi connectivity index (χ2v) is 4.84. The molecule has 0 aromatic heterocycles. The second-order valence-electron chi connectivity index (χ2n) is 4.40. The quantitative estimate of drug-likeness (QED) is 0.710. The van der Waals surface area contributed by atoms with Crippen LogP contribution in [0.25, 0.3) is 0 Å². The van der Waals surface area contributed by atoms with Crippen LogP contribution in [0.15, 0.2) is 0 Å². The highest BCUT2D eigenvalue weighted by Gasteiger charge is 2.33. The van der Waals surface area contributed by atoms with Crippen LogP contribution >= 0.6 is 12.2 Å². The Morgan fingerprint density at radius 3 is 2.07 bits per heavy atom.